The van der Waals surface area contributed by atoms with Gasteiger partial charge in [0.25, 0.3) is 0 Å². The standard InChI is InChI=1S/C44H83NO3/c1-3-5-7-9-11-13-15-17-19-20-21-22-23-24-26-27-29-31-33-35-37-39-43(47)42(41-46)45-44(48)40-38-36-34-32-30-28-25-18-16-14-12-10-8-6-4-2/h12,14,18,25,37,39,42-43,46-47H,3-11,13,15-17,19-24,26-36,38,40-41H2,1-2H3,(H,45,48)/b14-12-,25-18-,39-37+. The second-order valence-electron chi connectivity index (χ2n) is 14.4. The summed E-state index contributed by atoms with van der Waals surface area (Å²) in [6, 6.07) is -0.628. The lowest BCUT2D eigenvalue weighted by molar-refractivity contribution is -0.123. The predicted octanol–water partition coefficient (Wildman–Crippen LogP) is 13.0. The first-order valence-corrected chi connectivity index (χ1v) is 21.2. The molecule has 3 N–H and O–H groups in total. The lowest BCUT2D eigenvalue weighted by Gasteiger charge is -2.20. The summed E-state index contributed by atoms with van der Waals surface area (Å²) >= 11 is 0. The van der Waals surface area contributed by atoms with Crippen LogP contribution in [0.4, 0.5) is 0 Å². The zero-order chi connectivity index (χ0) is 35.0. The normalized spacial score (nSPS) is 13.3. The van der Waals surface area contributed by atoms with E-state index in [0.717, 1.165) is 44.9 Å². The van der Waals surface area contributed by atoms with Crippen LogP contribution in [0.3, 0.4) is 0 Å². The monoisotopic (exact) mass is 674 g/mol. The molecule has 0 saturated carbocycles. The van der Waals surface area contributed by atoms with E-state index < -0.39 is 12.1 Å². The molecule has 4 heteroatoms. The minimum Gasteiger partial charge on any atom is -0.394 e. The largest absolute Gasteiger partial charge is 0.394 e. The van der Waals surface area contributed by atoms with E-state index >= 15 is 0 Å². The summed E-state index contributed by atoms with van der Waals surface area (Å²) in [6.07, 6.45) is 52.4. The van der Waals surface area contributed by atoms with E-state index in [1.807, 2.05) is 6.08 Å². The highest BCUT2D eigenvalue weighted by Gasteiger charge is 2.17. The summed E-state index contributed by atoms with van der Waals surface area (Å²) < 4.78 is 0. The highest BCUT2D eigenvalue weighted by molar-refractivity contribution is 5.76. The molecule has 0 radical (unpaired) electrons. The maximum absolute atomic E-state index is 12.3. The van der Waals surface area contributed by atoms with Crippen molar-refractivity contribution in [2.75, 3.05) is 6.61 Å². The van der Waals surface area contributed by atoms with Crippen LogP contribution in [-0.2, 0) is 4.79 Å². The van der Waals surface area contributed by atoms with Crippen LogP contribution in [0.5, 0.6) is 0 Å². The van der Waals surface area contributed by atoms with Gasteiger partial charge >= 0.3 is 0 Å². The van der Waals surface area contributed by atoms with Crippen LogP contribution in [0, 0.1) is 0 Å². The van der Waals surface area contributed by atoms with Gasteiger partial charge in [-0.05, 0) is 51.4 Å². The van der Waals surface area contributed by atoms with Crippen LogP contribution in [0.2, 0.25) is 0 Å². The highest BCUT2D eigenvalue weighted by atomic mass is 16.3. The number of unbranched alkanes of at least 4 members (excludes halogenated alkanes) is 27. The number of carbonyl (C=O) groups is 1. The smallest absolute Gasteiger partial charge is 0.220 e. The van der Waals surface area contributed by atoms with E-state index in [2.05, 4.69) is 43.5 Å². The van der Waals surface area contributed by atoms with Gasteiger partial charge in [0, 0.05) is 6.42 Å². The number of aliphatic hydroxyl groups excluding tert-OH is 2. The Bertz CT molecular complexity index is 731. The first kappa shape index (κ1) is 46.6. The Morgan fingerprint density at radius 3 is 1.29 bits per heavy atom. The lowest BCUT2D eigenvalue weighted by Crippen LogP contribution is -2.45. The van der Waals surface area contributed by atoms with Gasteiger partial charge in [-0.25, -0.2) is 0 Å². The quantitative estimate of drug-likeness (QED) is 0.0451. The van der Waals surface area contributed by atoms with Gasteiger partial charge in [-0.2, -0.15) is 0 Å². The number of carbonyl (C=O) groups excluding carboxylic acids is 1. The molecule has 0 rings (SSSR count). The molecule has 48 heavy (non-hydrogen) atoms. The summed E-state index contributed by atoms with van der Waals surface area (Å²) in [5, 5.41) is 23.0. The third-order valence-electron chi connectivity index (χ3n) is 9.62. The van der Waals surface area contributed by atoms with Gasteiger partial charge in [-0.15, -0.1) is 0 Å². The fraction of sp³-hybridized carbons (Fsp3) is 0.841. The molecule has 0 fully saturated rings. The van der Waals surface area contributed by atoms with E-state index in [1.54, 1.807) is 6.08 Å². The fourth-order valence-electron chi connectivity index (χ4n) is 6.33. The Balaban J connectivity index is 3.58. The molecular weight excluding hydrogens is 590 g/mol. The third-order valence-corrected chi connectivity index (χ3v) is 9.62. The van der Waals surface area contributed by atoms with Gasteiger partial charge < -0.3 is 15.5 Å². The Morgan fingerprint density at radius 1 is 0.500 bits per heavy atom. The van der Waals surface area contributed by atoms with Gasteiger partial charge in [0.1, 0.15) is 0 Å². The first-order chi connectivity index (χ1) is 23.7. The zero-order valence-electron chi connectivity index (χ0n) is 32.3. The second kappa shape index (κ2) is 40.0. The van der Waals surface area contributed by atoms with Crippen LogP contribution in [0.15, 0.2) is 36.5 Å². The number of hydrogen-bond acceptors (Lipinski definition) is 3. The summed E-state index contributed by atoms with van der Waals surface area (Å²) in [5.74, 6) is -0.0778. The number of allylic oxidation sites excluding steroid dienone is 5. The van der Waals surface area contributed by atoms with Gasteiger partial charge in [-0.3, -0.25) is 4.79 Å². The summed E-state index contributed by atoms with van der Waals surface area (Å²) in [5.41, 5.74) is 0. The van der Waals surface area contributed by atoms with E-state index in [1.165, 1.54) is 154 Å². The molecular formula is C44H83NO3. The Labute approximate surface area is 300 Å². The molecule has 0 heterocycles. The third kappa shape index (κ3) is 35.9. The average molecular weight is 674 g/mol. The van der Waals surface area contributed by atoms with Crippen LogP contribution >= 0.6 is 0 Å². The van der Waals surface area contributed by atoms with Gasteiger partial charge in [-0.1, -0.05) is 198 Å². The predicted molar refractivity (Wildman–Crippen MR) is 212 cm³/mol. The van der Waals surface area contributed by atoms with Crippen molar-refractivity contribution in [1.82, 2.24) is 5.32 Å². The van der Waals surface area contributed by atoms with E-state index in [4.69, 9.17) is 0 Å². The maximum Gasteiger partial charge on any atom is 0.220 e. The molecule has 1 amide bonds. The average Bonchev–Trinajstić information content (AvgIpc) is 3.09. The first-order valence-electron chi connectivity index (χ1n) is 21.2. The molecule has 0 bridgehead atoms. The summed E-state index contributed by atoms with van der Waals surface area (Å²) in [4.78, 5) is 12.3. The van der Waals surface area contributed by atoms with Crippen LogP contribution < -0.4 is 5.32 Å². The fourth-order valence-corrected chi connectivity index (χ4v) is 6.33. The van der Waals surface area contributed by atoms with Crippen molar-refractivity contribution in [1.29, 1.82) is 0 Å². The molecule has 0 aliphatic carbocycles. The van der Waals surface area contributed by atoms with Gasteiger partial charge in [0.2, 0.25) is 5.91 Å². The van der Waals surface area contributed by atoms with Crippen LogP contribution in [-0.4, -0.2) is 34.9 Å². The SMILES string of the molecule is CCCCC/C=C\C/C=C\CCCCCCCC(=O)NC(CO)C(O)/C=C/CCCCCCCCCCCCCCCCCCCCC. The highest BCUT2D eigenvalue weighted by Crippen LogP contribution is 2.15. The maximum atomic E-state index is 12.3. The van der Waals surface area contributed by atoms with Crippen molar-refractivity contribution in [3.05, 3.63) is 36.5 Å². The molecule has 4 nitrogen and oxygen atoms in total. The molecule has 2 atom stereocenters. The van der Waals surface area contributed by atoms with E-state index in [-0.39, 0.29) is 12.5 Å². The van der Waals surface area contributed by atoms with Crippen molar-refractivity contribution in [3.63, 3.8) is 0 Å². The molecule has 0 aliphatic heterocycles. The molecule has 0 saturated heterocycles. The zero-order valence-corrected chi connectivity index (χ0v) is 32.3. The Morgan fingerprint density at radius 2 is 0.854 bits per heavy atom. The van der Waals surface area contributed by atoms with Crippen molar-refractivity contribution in [2.24, 2.45) is 0 Å². The van der Waals surface area contributed by atoms with Gasteiger partial charge in [0.15, 0.2) is 0 Å². The molecule has 282 valence electrons. The number of rotatable bonds is 38. The molecule has 0 aliphatic rings. The van der Waals surface area contributed by atoms with E-state index in [0.29, 0.717) is 6.42 Å². The van der Waals surface area contributed by atoms with Crippen LogP contribution in [0.25, 0.3) is 0 Å². The van der Waals surface area contributed by atoms with Crippen molar-refractivity contribution < 1.29 is 15.0 Å². The van der Waals surface area contributed by atoms with Crippen molar-refractivity contribution in [3.8, 4) is 0 Å². The number of amides is 1. The summed E-state index contributed by atoms with van der Waals surface area (Å²) in [6.45, 7) is 4.28. The molecule has 0 aromatic heterocycles. The topological polar surface area (TPSA) is 69.6 Å². The Kier molecular flexibility index (Phi) is 38.9. The molecule has 0 aromatic carbocycles. The summed E-state index contributed by atoms with van der Waals surface area (Å²) in [7, 11) is 0. The number of hydrogen-bond donors (Lipinski definition) is 3. The minimum absolute atomic E-state index is 0.0778. The lowest BCUT2D eigenvalue weighted by atomic mass is 10.0. The van der Waals surface area contributed by atoms with Crippen molar-refractivity contribution in [2.45, 2.75) is 231 Å². The van der Waals surface area contributed by atoms with Crippen molar-refractivity contribution >= 4 is 5.91 Å². The van der Waals surface area contributed by atoms with Gasteiger partial charge in [0.05, 0.1) is 18.8 Å². The number of aliphatic hydroxyl groups is 2. The Hall–Kier alpha value is -1.39. The number of nitrogens with one attached hydrogen (secondary N) is 1. The second-order valence-corrected chi connectivity index (χ2v) is 14.4. The molecule has 2 unspecified atom stereocenters. The molecule has 0 aromatic rings. The van der Waals surface area contributed by atoms with Crippen LogP contribution in [0.1, 0.15) is 219 Å². The van der Waals surface area contributed by atoms with E-state index in [9.17, 15) is 15.0 Å². The molecule has 0 spiro atoms. The minimum atomic E-state index is -0.844.